The third-order valence-corrected chi connectivity index (χ3v) is 6.22. The maximum atomic E-state index is 12.9. The second kappa shape index (κ2) is 9.04. The number of aromatic amines is 1. The van der Waals surface area contributed by atoms with Crippen molar-refractivity contribution in [3.05, 3.63) is 65.3 Å². The highest BCUT2D eigenvalue weighted by atomic mass is 32.2. The number of H-pyrrole nitrogens is 1. The molecule has 3 heterocycles. The smallest absolute Gasteiger partial charge is 0.192 e. The molecular weight excluding hydrogens is 428 g/mol. The minimum atomic E-state index is -0.422. The molecule has 32 heavy (non-hydrogen) atoms. The lowest BCUT2D eigenvalue weighted by Crippen LogP contribution is -2.25. The molecule has 0 saturated heterocycles. The Hall–Kier alpha value is -3.33. The minimum absolute atomic E-state index is 0.0606. The van der Waals surface area contributed by atoms with Gasteiger partial charge in [-0.15, -0.1) is 16.8 Å². The third-order valence-electron chi connectivity index (χ3n) is 5.25. The van der Waals surface area contributed by atoms with Crippen molar-refractivity contribution in [1.29, 1.82) is 0 Å². The van der Waals surface area contributed by atoms with Crippen LogP contribution >= 0.6 is 11.8 Å². The van der Waals surface area contributed by atoms with Gasteiger partial charge in [0.1, 0.15) is 6.61 Å². The molecule has 0 saturated carbocycles. The molecule has 1 atom stereocenters. The minimum Gasteiger partial charge on any atom is -0.485 e. The van der Waals surface area contributed by atoms with Gasteiger partial charge in [-0.2, -0.15) is 0 Å². The highest BCUT2D eigenvalue weighted by Crippen LogP contribution is 2.36. The number of hydrogen-bond acceptors (Lipinski definition) is 7. The van der Waals surface area contributed by atoms with E-state index in [0.29, 0.717) is 58.1 Å². The molecule has 0 bridgehead atoms. The summed E-state index contributed by atoms with van der Waals surface area (Å²) in [5.74, 6) is 1.94. The summed E-state index contributed by atoms with van der Waals surface area (Å²) in [5, 5.41) is 9.18. The predicted octanol–water partition coefficient (Wildman–Crippen LogP) is 4.10. The summed E-state index contributed by atoms with van der Waals surface area (Å²) in [7, 11) is 0. The van der Waals surface area contributed by atoms with E-state index in [4.69, 9.17) is 9.47 Å². The lowest BCUT2D eigenvalue weighted by molar-refractivity contribution is 0.0821. The number of ether oxygens (including phenoxy) is 2. The molecule has 166 valence electrons. The quantitative estimate of drug-likeness (QED) is 0.312. The molecule has 0 fully saturated rings. The van der Waals surface area contributed by atoms with Gasteiger partial charge in [-0.3, -0.25) is 14.2 Å². The van der Waals surface area contributed by atoms with Crippen LogP contribution in [0.2, 0.25) is 0 Å². The van der Waals surface area contributed by atoms with Crippen molar-refractivity contribution in [3.8, 4) is 11.5 Å². The van der Waals surface area contributed by atoms with Crippen molar-refractivity contribution in [3.63, 3.8) is 0 Å². The number of hydrogen-bond donors (Lipinski definition) is 1. The van der Waals surface area contributed by atoms with Gasteiger partial charge in [-0.25, -0.2) is 0 Å². The van der Waals surface area contributed by atoms with Gasteiger partial charge in [-0.1, -0.05) is 30.0 Å². The van der Waals surface area contributed by atoms with E-state index in [-0.39, 0.29) is 17.3 Å². The summed E-state index contributed by atoms with van der Waals surface area (Å²) in [6.45, 7) is 9.68. The topological polar surface area (TPSA) is 99.1 Å². The van der Waals surface area contributed by atoms with E-state index in [0.717, 1.165) is 0 Å². The van der Waals surface area contributed by atoms with Crippen molar-refractivity contribution < 1.29 is 19.1 Å². The molecule has 0 amide bonds. The Bertz CT molecular complexity index is 1200. The number of carbonyl (C=O) groups is 2. The molecule has 3 aromatic rings. The zero-order valence-corrected chi connectivity index (χ0v) is 19.0. The number of fused-ring (bicyclic) bond motifs is 1. The SMILES string of the molecule is C=CCn1c(SCC(=O)c2[nH]c(C)c(C(C)=O)c2C)nnc1[C@@H]1COc2ccccc2O1. The van der Waals surface area contributed by atoms with Crippen LogP contribution in [0.15, 0.2) is 42.1 Å². The van der Waals surface area contributed by atoms with E-state index in [9.17, 15) is 9.59 Å². The Morgan fingerprint density at radius 2 is 2.03 bits per heavy atom. The summed E-state index contributed by atoms with van der Waals surface area (Å²) >= 11 is 1.28. The number of carbonyl (C=O) groups excluding carboxylic acids is 2. The number of nitrogens with one attached hydrogen (secondary N) is 1. The second-order valence-electron chi connectivity index (χ2n) is 7.50. The van der Waals surface area contributed by atoms with Gasteiger partial charge in [-0.05, 0) is 38.5 Å². The number of para-hydroxylation sites is 2. The average molecular weight is 453 g/mol. The first kappa shape index (κ1) is 21.9. The van der Waals surface area contributed by atoms with Crippen LogP contribution in [0.3, 0.4) is 0 Å². The fourth-order valence-electron chi connectivity index (χ4n) is 3.85. The van der Waals surface area contributed by atoms with Crippen LogP contribution in [-0.2, 0) is 6.54 Å². The number of allylic oxidation sites excluding steroid dienone is 1. The number of aromatic nitrogens is 4. The molecular formula is C23H24N4O4S. The van der Waals surface area contributed by atoms with E-state index < -0.39 is 6.10 Å². The molecule has 0 unspecified atom stereocenters. The number of aryl methyl sites for hydroxylation is 1. The number of ketones is 2. The highest BCUT2D eigenvalue weighted by Gasteiger charge is 2.29. The van der Waals surface area contributed by atoms with Crippen LogP contribution in [0, 0.1) is 13.8 Å². The molecule has 1 aliphatic heterocycles. The van der Waals surface area contributed by atoms with Crippen molar-refractivity contribution in [2.24, 2.45) is 0 Å². The maximum Gasteiger partial charge on any atom is 0.192 e. The first-order valence-electron chi connectivity index (χ1n) is 10.2. The van der Waals surface area contributed by atoms with Gasteiger partial charge < -0.3 is 14.5 Å². The number of Topliss-reactive ketones (excluding diaryl/α,β-unsaturated/α-hetero) is 2. The molecule has 0 aliphatic carbocycles. The van der Waals surface area contributed by atoms with Gasteiger partial charge in [0.05, 0.1) is 11.4 Å². The van der Waals surface area contributed by atoms with Gasteiger partial charge in [0, 0.05) is 17.8 Å². The van der Waals surface area contributed by atoms with Crippen LogP contribution in [0.5, 0.6) is 11.5 Å². The third kappa shape index (κ3) is 4.08. The predicted molar refractivity (Wildman–Crippen MR) is 121 cm³/mol. The second-order valence-corrected chi connectivity index (χ2v) is 8.44. The number of thioether (sulfide) groups is 1. The summed E-state index contributed by atoms with van der Waals surface area (Å²) in [4.78, 5) is 27.8. The van der Waals surface area contributed by atoms with E-state index in [1.165, 1.54) is 18.7 Å². The van der Waals surface area contributed by atoms with E-state index >= 15 is 0 Å². The number of nitrogens with zero attached hydrogens (tertiary/aromatic N) is 3. The Morgan fingerprint density at radius 3 is 2.72 bits per heavy atom. The number of rotatable bonds is 8. The summed E-state index contributed by atoms with van der Waals surface area (Å²) in [6, 6.07) is 7.48. The van der Waals surface area contributed by atoms with Crippen molar-refractivity contribution >= 4 is 23.3 Å². The lowest BCUT2D eigenvalue weighted by Gasteiger charge is -2.26. The maximum absolute atomic E-state index is 12.9. The highest BCUT2D eigenvalue weighted by molar-refractivity contribution is 7.99. The normalized spacial score (nSPS) is 14.9. The Labute approximate surface area is 190 Å². The van der Waals surface area contributed by atoms with Crippen molar-refractivity contribution in [2.45, 2.75) is 38.6 Å². The Kier molecular flexibility index (Phi) is 6.18. The van der Waals surface area contributed by atoms with Crippen molar-refractivity contribution in [2.75, 3.05) is 12.4 Å². The van der Waals surface area contributed by atoms with Gasteiger partial charge in [0.2, 0.25) is 0 Å². The monoisotopic (exact) mass is 452 g/mol. The zero-order valence-electron chi connectivity index (χ0n) is 18.2. The average Bonchev–Trinajstić information content (AvgIpc) is 3.31. The molecule has 9 heteroatoms. The fraction of sp³-hybridized carbons (Fsp3) is 0.304. The van der Waals surface area contributed by atoms with Crippen molar-refractivity contribution in [1.82, 2.24) is 19.7 Å². The van der Waals surface area contributed by atoms with Gasteiger partial charge >= 0.3 is 0 Å². The summed E-state index contributed by atoms with van der Waals surface area (Å²) < 4.78 is 13.8. The fourth-order valence-corrected chi connectivity index (χ4v) is 4.68. The van der Waals surface area contributed by atoms with E-state index in [1.807, 2.05) is 28.8 Å². The van der Waals surface area contributed by atoms with Crippen LogP contribution in [0.1, 0.15) is 51.0 Å². The first-order valence-corrected chi connectivity index (χ1v) is 11.2. The molecule has 0 spiro atoms. The van der Waals surface area contributed by atoms with Gasteiger partial charge in [0.15, 0.2) is 40.2 Å². The molecule has 4 rings (SSSR count). The van der Waals surface area contributed by atoms with E-state index in [1.54, 1.807) is 19.9 Å². The Balaban J connectivity index is 1.52. The van der Waals surface area contributed by atoms with Crippen LogP contribution < -0.4 is 9.47 Å². The molecule has 1 N–H and O–H groups in total. The lowest BCUT2D eigenvalue weighted by atomic mass is 10.1. The largest absolute Gasteiger partial charge is 0.485 e. The summed E-state index contributed by atoms with van der Waals surface area (Å²) in [5.41, 5.74) is 2.41. The van der Waals surface area contributed by atoms with Gasteiger partial charge in [0.25, 0.3) is 0 Å². The molecule has 1 aliphatic rings. The van der Waals surface area contributed by atoms with Crippen LogP contribution in [-0.4, -0.2) is 43.7 Å². The molecule has 0 radical (unpaired) electrons. The molecule has 8 nitrogen and oxygen atoms in total. The molecule has 1 aromatic carbocycles. The van der Waals surface area contributed by atoms with Crippen LogP contribution in [0.25, 0.3) is 0 Å². The van der Waals surface area contributed by atoms with Crippen LogP contribution in [0.4, 0.5) is 0 Å². The Morgan fingerprint density at radius 1 is 1.28 bits per heavy atom. The van der Waals surface area contributed by atoms with E-state index in [2.05, 4.69) is 21.8 Å². The first-order chi connectivity index (χ1) is 15.4. The standard InChI is InChI=1S/C23H24N4O4S/c1-5-10-27-22(19-11-30-17-8-6-7-9-18(17)31-19)25-26-23(27)32-12-16(29)21-13(2)20(15(4)28)14(3)24-21/h5-9,19,24H,1,10-12H2,2-4H3/t19-/m0/s1. The molecule has 2 aromatic heterocycles. The zero-order chi connectivity index (χ0) is 22.8. The number of benzene rings is 1. The summed E-state index contributed by atoms with van der Waals surface area (Å²) in [6.07, 6.45) is 1.32.